The van der Waals surface area contributed by atoms with E-state index < -0.39 is 5.60 Å². The third kappa shape index (κ3) is 1.56. The smallest absolute Gasteiger partial charge is 0.164 e. The number of ketones is 1. The molecule has 8 unspecified atom stereocenters. The highest BCUT2D eigenvalue weighted by Gasteiger charge is 2.72. The van der Waals surface area contributed by atoms with Crippen LogP contribution in [0.5, 0.6) is 0 Å². The van der Waals surface area contributed by atoms with Gasteiger partial charge in [0, 0.05) is 11.8 Å². The summed E-state index contributed by atoms with van der Waals surface area (Å²) in [5.74, 6) is 5.57. The normalized spacial score (nSPS) is 58.0. The zero-order valence-corrected chi connectivity index (χ0v) is 14.6. The molecule has 5 fully saturated rings. The van der Waals surface area contributed by atoms with E-state index in [0.29, 0.717) is 35.9 Å². The molecule has 0 aromatic heterocycles. The van der Waals surface area contributed by atoms with Crippen LogP contribution >= 0.6 is 0 Å². The fourth-order valence-corrected chi connectivity index (χ4v) is 7.83. The molecule has 3 nitrogen and oxygen atoms in total. The molecule has 0 aromatic rings. The highest BCUT2D eigenvalue weighted by atomic mass is 16.6. The summed E-state index contributed by atoms with van der Waals surface area (Å²) in [5.41, 5.74) is -1.08. The highest BCUT2D eigenvalue weighted by molar-refractivity contribution is 5.88. The molecule has 1 saturated heterocycles. The Morgan fingerprint density at radius 3 is 2.67 bits per heavy atom. The van der Waals surface area contributed by atoms with Gasteiger partial charge in [-0.05, 0) is 75.0 Å². The van der Waals surface area contributed by atoms with Crippen LogP contribution in [0.2, 0.25) is 0 Å². The molecule has 1 N–H and O–H groups in total. The summed E-state index contributed by atoms with van der Waals surface area (Å²) >= 11 is 0. The minimum Gasteiger partial charge on any atom is -0.377 e. The predicted octanol–water partition coefficient (Wildman–Crippen LogP) is 3.09. The Labute approximate surface area is 144 Å². The largest absolute Gasteiger partial charge is 0.377 e. The lowest BCUT2D eigenvalue weighted by Gasteiger charge is -2.56. The minimum absolute atomic E-state index is 0.0816. The van der Waals surface area contributed by atoms with Crippen molar-refractivity contribution < 1.29 is 14.6 Å². The molecule has 0 aromatic carbocycles. The van der Waals surface area contributed by atoms with Crippen molar-refractivity contribution >= 4 is 5.78 Å². The van der Waals surface area contributed by atoms with Gasteiger partial charge in [0.1, 0.15) is 17.3 Å². The van der Waals surface area contributed by atoms with Gasteiger partial charge in [0.15, 0.2) is 5.78 Å². The van der Waals surface area contributed by atoms with Crippen LogP contribution in [0.4, 0.5) is 0 Å². The maximum absolute atomic E-state index is 12.1. The van der Waals surface area contributed by atoms with Gasteiger partial charge in [0.25, 0.3) is 0 Å². The summed E-state index contributed by atoms with van der Waals surface area (Å²) in [4.78, 5) is 12.1. The second-order valence-corrected chi connectivity index (χ2v) is 9.13. The Hall–Kier alpha value is -0.850. The third-order valence-corrected chi connectivity index (χ3v) is 8.94. The van der Waals surface area contributed by atoms with Crippen LogP contribution < -0.4 is 0 Å². The van der Waals surface area contributed by atoms with Gasteiger partial charge in [-0.25, -0.2) is 0 Å². The number of ether oxygens (including phenoxy) is 1. The summed E-state index contributed by atoms with van der Waals surface area (Å²) in [6.45, 7) is 2.21. The average molecular weight is 328 g/mol. The second kappa shape index (κ2) is 4.65. The number of fused-ring (bicyclic) bond motifs is 4. The summed E-state index contributed by atoms with van der Waals surface area (Å²) < 4.78 is 6.02. The van der Waals surface area contributed by atoms with Gasteiger partial charge >= 0.3 is 0 Å². The Balaban J connectivity index is 1.48. The van der Waals surface area contributed by atoms with Crippen molar-refractivity contribution in [3.8, 4) is 12.3 Å². The van der Waals surface area contributed by atoms with E-state index in [1.54, 1.807) is 0 Å². The number of hydrogen-bond donors (Lipinski definition) is 1. The molecule has 0 amide bonds. The molecule has 130 valence electrons. The Morgan fingerprint density at radius 2 is 1.92 bits per heavy atom. The van der Waals surface area contributed by atoms with E-state index in [-0.39, 0.29) is 17.1 Å². The van der Waals surface area contributed by atoms with Crippen molar-refractivity contribution in [3.63, 3.8) is 0 Å². The molecule has 1 aliphatic heterocycles. The van der Waals surface area contributed by atoms with Crippen LogP contribution in [0.25, 0.3) is 0 Å². The van der Waals surface area contributed by atoms with E-state index in [1.165, 1.54) is 0 Å². The maximum atomic E-state index is 12.1. The summed E-state index contributed by atoms with van der Waals surface area (Å²) in [6.07, 6.45) is 14.6. The van der Waals surface area contributed by atoms with Gasteiger partial charge < -0.3 is 9.84 Å². The van der Waals surface area contributed by atoms with E-state index in [1.807, 2.05) is 0 Å². The van der Waals surface area contributed by atoms with Crippen LogP contribution in [-0.2, 0) is 9.53 Å². The molecule has 1 spiro atoms. The number of Topliss-reactive ketones (excluding diaryl/α,β-unsaturated/α-hetero) is 1. The van der Waals surface area contributed by atoms with Crippen molar-refractivity contribution in [1.29, 1.82) is 0 Å². The number of terminal acetylenes is 1. The van der Waals surface area contributed by atoms with Gasteiger partial charge in [-0.1, -0.05) is 12.8 Å². The first-order valence-corrected chi connectivity index (χ1v) is 9.92. The number of rotatable bonds is 1. The fourth-order valence-electron chi connectivity index (χ4n) is 7.83. The van der Waals surface area contributed by atoms with E-state index in [9.17, 15) is 9.90 Å². The summed E-state index contributed by atoms with van der Waals surface area (Å²) in [7, 11) is 0. The van der Waals surface area contributed by atoms with Crippen LogP contribution in [0.15, 0.2) is 0 Å². The minimum atomic E-state index is -0.909. The number of carbonyl (C=O) groups excluding carboxylic acids is 1. The van der Waals surface area contributed by atoms with Gasteiger partial charge in [-0.3, -0.25) is 4.79 Å². The SMILES string of the molecule is C#CC1(O)CCC2C3CCC45OC4C(=O)CCC5C3CCC21CC. The van der Waals surface area contributed by atoms with Gasteiger partial charge in [0.05, 0.1) is 0 Å². The van der Waals surface area contributed by atoms with Gasteiger partial charge in [0.2, 0.25) is 0 Å². The third-order valence-electron chi connectivity index (χ3n) is 8.94. The first kappa shape index (κ1) is 15.4. The maximum Gasteiger partial charge on any atom is 0.164 e. The standard InChI is InChI=1S/C21H28O3/c1-3-19-10-7-14-13(15(19)9-11-20(19,23)4-2)8-12-21-16(14)5-6-17(22)18(21)24-21/h2,13-16,18,23H,3,5-12H2,1H3. The molecule has 4 saturated carbocycles. The zero-order chi connectivity index (χ0) is 16.7. The molecule has 8 atom stereocenters. The molecule has 1 heterocycles. The van der Waals surface area contributed by atoms with Crippen molar-refractivity contribution in [2.45, 2.75) is 82.0 Å². The topological polar surface area (TPSA) is 49.8 Å². The molecular formula is C21H28O3. The van der Waals surface area contributed by atoms with E-state index in [4.69, 9.17) is 11.2 Å². The lowest BCUT2D eigenvalue weighted by molar-refractivity contribution is -0.126. The summed E-state index contributed by atoms with van der Waals surface area (Å²) in [6, 6.07) is 0. The first-order chi connectivity index (χ1) is 11.5. The van der Waals surface area contributed by atoms with Gasteiger partial charge in [-0.2, -0.15) is 0 Å². The van der Waals surface area contributed by atoms with Crippen molar-refractivity contribution in [3.05, 3.63) is 0 Å². The van der Waals surface area contributed by atoms with E-state index >= 15 is 0 Å². The highest BCUT2D eigenvalue weighted by Crippen LogP contribution is 2.69. The lowest BCUT2D eigenvalue weighted by atomic mass is 9.48. The molecular weight excluding hydrogens is 300 g/mol. The van der Waals surface area contributed by atoms with E-state index in [2.05, 4.69) is 12.8 Å². The predicted molar refractivity (Wildman–Crippen MR) is 90.0 cm³/mol. The quantitative estimate of drug-likeness (QED) is 0.594. The Bertz CT molecular complexity index is 635. The monoisotopic (exact) mass is 328 g/mol. The molecule has 5 rings (SSSR count). The molecule has 0 radical (unpaired) electrons. The van der Waals surface area contributed by atoms with Crippen LogP contribution in [-0.4, -0.2) is 28.2 Å². The van der Waals surface area contributed by atoms with Crippen LogP contribution in [0.1, 0.15) is 64.7 Å². The van der Waals surface area contributed by atoms with Crippen LogP contribution in [0.3, 0.4) is 0 Å². The Morgan fingerprint density at radius 1 is 1.17 bits per heavy atom. The van der Waals surface area contributed by atoms with Crippen molar-refractivity contribution in [1.82, 2.24) is 0 Å². The molecule has 0 bridgehead atoms. The van der Waals surface area contributed by atoms with Crippen LogP contribution in [0, 0.1) is 41.4 Å². The van der Waals surface area contributed by atoms with Crippen molar-refractivity contribution in [2.24, 2.45) is 29.1 Å². The number of epoxide rings is 1. The lowest BCUT2D eigenvalue weighted by Crippen LogP contribution is -2.56. The Kier molecular flexibility index (Phi) is 2.99. The number of carbonyl (C=O) groups is 1. The fraction of sp³-hybridized carbons (Fsp3) is 0.857. The zero-order valence-electron chi connectivity index (χ0n) is 14.6. The number of aliphatic hydroxyl groups is 1. The summed E-state index contributed by atoms with van der Waals surface area (Å²) in [5, 5.41) is 11.2. The second-order valence-electron chi connectivity index (χ2n) is 9.13. The average Bonchev–Trinajstić information content (AvgIpc) is 3.26. The first-order valence-electron chi connectivity index (χ1n) is 9.92. The molecule has 24 heavy (non-hydrogen) atoms. The molecule has 4 aliphatic carbocycles. The van der Waals surface area contributed by atoms with Gasteiger partial charge in [-0.15, -0.1) is 6.42 Å². The molecule has 5 aliphatic rings. The van der Waals surface area contributed by atoms with E-state index in [0.717, 1.165) is 51.4 Å². The molecule has 3 heteroatoms. The van der Waals surface area contributed by atoms with Crippen molar-refractivity contribution in [2.75, 3.05) is 0 Å². The number of hydrogen-bond acceptors (Lipinski definition) is 3.